The van der Waals surface area contributed by atoms with Gasteiger partial charge in [-0.1, -0.05) is 6.07 Å². The summed E-state index contributed by atoms with van der Waals surface area (Å²) in [5, 5.41) is 0.0340. The molecule has 0 saturated heterocycles. The first-order valence-corrected chi connectivity index (χ1v) is 9.30. The molecule has 1 N–H and O–H groups in total. The van der Waals surface area contributed by atoms with Gasteiger partial charge in [0.2, 0.25) is 0 Å². The monoisotopic (exact) mass is 385 g/mol. The van der Waals surface area contributed by atoms with Gasteiger partial charge in [-0.25, -0.2) is 26.0 Å². The number of ketones is 1. The number of sulfone groups is 1. The highest BCUT2D eigenvalue weighted by Gasteiger charge is 2.24. The Bertz CT molecular complexity index is 1150. The maximum Gasteiger partial charge on any atom is 0.194 e. The normalized spacial score (nSPS) is 11.9. The van der Waals surface area contributed by atoms with Crippen molar-refractivity contribution in [1.29, 1.82) is 0 Å². The van der Waals surface area contributed by atoms with Crippen molar-refractivity contribution in [2.75, 3.05) is 12.0 Å². The number of halogens is 4. The Labute approximate surface area is 145 Å². The molecule has 26 heavy (non-hydrogen) atoms. The third-order valence-corrected chi connectivity index (χ3v) is 4.51. The molecule has 0 aliphatic carbocycles. The molecule has 0 spiro atoms. The highest BCUT2D eigenvalue weighted by molar-refractivity contribution is 7.91. The van der Waals surface area contributed by atoms with Crippen molar-refractivity contribution in [3.63, 3.8) is 0 Å². The second-order valence-electron chi connectivity index (χ2n) is 5.81. The van der Waals surface area contributed by atoms with Crippen LogP contribution in [-0.2, 0) is 9.84 Å². The molecule has 4 nitrogen and oxygen atoms in total. The zero-order valence-electron chi connectivity index (χ0n) is 13.2. The molecule has 9 heteroatoms. The minimum absolute atomic E-state index is 0.0120. The molecule has 0 unspecified atom stereocenters. The van der Waals surface area contributed by atoms with Crippen LogP contribution in [0, 0.1) is 23.3 Å². The molecular formula is C17H11F4NO3S. The zero-order chi connectivity index (χ0) is 19.2. The van der Waals surface area contributed by atoms with Gasteiger partial charge in [-0.05, 0) is 23.8 Å². The number of nitrogens with one attached hydrogen (secondary N) is 1. The van der Waals surface area contributed by atoms with E-state index in [0.29, 0.717) is 0 Å². The van der Waals surface area contributed by atoms with E-state index >= 15 is 0 Å². The van der Waals surface area contributed by atoms with Crippen LogP contribution in [0.15, 0.2) is 30.3 Å². The van der Waals surface area contributed by atoms with Gasteiger partial charge < -0.3 is 4.98 Å². The number of benzene rings is 2. The van der Waals surface area contributed by atoms with Crippen LogP contribution in [0.1, 0.15) is 10.5 Å². The van der Waals surface area contributed by atoms with E-state index in [9.17, 15) is 30.8 Å². The van der Waals surface area contributed by atoms with Crippen LogP contribution < -0.4 is 0 Å². The van der Waals surface area contributed by atoms with E-state index in [-0.39, 0.29) is 27.7 Å². The van der Waals surface area contributed by atoms with Crippen LogP contribution in [-0.4, -0.2) is 31.2 Å². The number of H-pyrrole nitrogens is 1. The summed E-state index contributed by atoms with van der Waals surface area (Å²) in [6.45, 7) is 0. The van der Waals surface area contributed by atoms with Crippen molar-refractivity contribution < 1.29 is 30.8 Å². The van der Waals surface area contributed by atoms with E-state index in [1.807, 2.05) is 0 Å². The van der Waals surface area contributed by atoms with Gasteiger partial charge >= 0.3 is 0 Å². The van der Waals surface area contributed by atoms with Gasteiger partial charge in [0.1, 0.15) is 5.75 Å². The Morgan fingerprint density at radius 3 is 2.19 bits per heavy atom. The highest BCUT2D eigenvalue weighted by atomic mass is 32.2. The fourth-order valence-electron chi connectivity index (χ4n) is 2.66. The fourth-order valence-corrected chi connectivity index (χ4v) is 3.28. The topological polar surface area (TPSA) is 67.0 Å². The number of hydrogen-bond acceptors (Lipinski definition) is 3. The number of fused-ring (bicyclic) bond motifs is 1. The standard InChI is InChI=1S/C17H11F4NO3S/c1-26(24,25)7-15(23)17-16(8-2-3-10(18)11(19)4-8)9-5-12(20)13(21)6-14(9)22-17/h2-6,22H,7H2,1H3. The van der Waals surface area contributed by atoms with Crippen LogP contribution in [0.2, 0.25) is 0 Å². The Balaban J connectivity index is 2.32. The van der Waals surface area contributed by atoms with E-state index in [2.05, 4.69) is 4.98 Å². The molecule has 136 valence electrons. The average molecular weight is 385 g/mol. The summed E-state index contributed by atoms with van der Waals surface area (Å²) < 4.78 is 76.8. The third kappa shape index (κ3) is 3.34. The van der Waals surface area contributed by atoms with Crippen LogP contribution in [0.4, 0.5) is 17.6 Å². The molecule has 3 rings (SSSR count). The molecule has 0 aliphatic rings. The van der Waals surface area contributed by atoms with Crippen molar-refractivity contribution in [3.8, 4) is 11.1 Å². The summed E-state index contributed by atoms with van der Waals surface area (Å²) in [6.07, 6.45) is 0.851. The Kier molecular flexibility index (Phi) is 4.35. The molecular weight excluding hydrogens is 374 g/mol. The van der Waals surface area contributed by atoms with Crippen LogP contribution in [0.25, 0.3) is 22.0 Å². The molecule has 0 amide bonds. The number of carbonyl (C=O) groups is 1. The lowest BCUT2D eigenvalue weighted by Crippen LogP contribution is -2.15. The first kappa shape index (κ1) is 18.1. The lowest BCUT2D eigenvalue weighted by molar-refractivity contribution is 0.101. The molecule has 1 heterocycles. The molecule has 0 bridgehead atoms. The SMILES string of the molecule is CS(=O)(=O)CC(=O)c1[nH]c2cc(F)c(F)cc2c1-c1ccc(F)c(F)c1. The van der Waals surface area contributed by atoms with Crippen molar-refractivity contribution in [2.24, 2.45) is 0 Å². The van der Waals surface area contributed by atoms with Gasteiger partial charge in [-0.3, -0.25) is 4.79 Å². The highest BCUT2D eigenvalue weighted by Crippen LogP contribution is 2.34. The first-order chi connectivity index (χ1) is 12.1. The molecule has 3 aromatic rings. The van der Waals surface area contributed by atoms with E-state index in [4.69, 9.17) is 0 Å². The maximum atomic E-state index is 13.7. The summed E-state index contributed by atoms with van der Waals surface area (Å²) in [5.41, 5.74) is -0.272. The molecule has 0 radical (unpaired) electrons. The van der Waals surface area contributed by atoms with Crippen LogP contribution >= 0.6 is 0 Å². The summed E-state index contributed by atoms with van der Waals surface area (Å²) in [4.78, 5) is 14.9. The zero-order valence-corrected chi connectivity index (χ0v) is 14.1. The Hall–Kier alpha value is -2.68. The number of Topliss-reactive ketones (excluding diaryl/α,β-unsaturated/α-hetero) is 1. The van der Waals surface area contributed by atoms with E-state index in [1.165, 1.54) is 0 Å². The lowest BCUT2D eigenvalue weighted by Gasteiger charge is -2.05. The minimum atomic E-state index is -3.69. The lowest BCUT2D eigenvalue weighted by atomic mass is 10.00. The fraction of sp³-hybridized carbons (Fsp3) is 0.118. The number of rotatable bonds is 4. The molecule has 0 saturated carbocycles. The average Bonchev–Trinajstić information content (AvgIpc) is 2.87. The van der Waals surface area contributed by atoms with Gasteiger partial charge in [-0.15, -0.1) is 0 Å². The summed E-state index contributed by atoms with van der Waals surface area (Å²) >= 11 is 0. The number of aromatic amines is 1. The molecule has 0 aliphatic heterocycles. The predicted octanol–water partition coefficient (Wildman–Crippen LogP) is 3.62. The number of aromatic nitrogens is 1. The molecule has 0 atom stereocenters. The summed E-state index contributed by atoms with van der Waals surface area (Å²) in [6, 6.07) is 4.35. The van der Waals surface area contributed by atoms with Gasteiger partial charge in [0.25, 0.3) is 0 Å². The van der Waals surface area contributed by atoms with E-state index < -0.39 is 44.6 Å². The molecule has 1 aromatic heterocycles. The van der Waals surface area contributed by atoms with Crippen molar-refractivity contribution in [1.82, 2.24) is 4.98 Å². The van der Waals surface area contributed by atoms with Crippen LogP contribution in [0.3, 0.4) is 0 Å². The Morgan fingerprint density at radius 1 is 0.962 bits per heavy atom. The second-order valence-corrected chi connectivity index (χ2v) is 7.95. The predicted molar refractivity (Wildman–Crippen MR) is 87.6 cm³/mol. The minimum Gasteiger partial charge on any atom is -0.351 e. The van der Waals surface area contributed by atoms with E-state index in [0.717, 1.165) is 36.6 Å². The van der Waals surface area contributed by atoms with E-state index in [1.54, 1.807) is 0 Å². The third-order valence-electron chi connectivity index (χ3n) is 3.72. The maximum absolute atomic E-state index is 13.7. The van der Waals surface area contributed by atoms with Gasteiger partial charge in [0.05, 0.1) is 5.69 Å². The van der Waals surface area contributed by atoms with Crippen LogP contribution in [0.5, 0.6) is 0 Å². The summed E-state index contributed by atoms with van der Waals surface area (Å²) in [5.74, 6) is -6.46. The van der Waals surface area contributed by atoms with Gasteiger partial charge in [0.15, 0.2) is 38.9 Å². The summed E-state index contributed by atoms with van der Waals surface area (Å²) in [7, 11) is -3.69. The molecule has 2 aromatic carbocycles. The second kappa shape index (κ2) is 6.24. The first-order valence-electron chi connectivity index (χ1n) is 7.24. The molecule has 0 fully saturated rings. The van der Waals surface area contributed by atoms with Crippen molar-refractivity contribution in [3.05, 3.63) is 59.3 Å². The number of hydrogen-bond donors (Lipinski definition) is 1. The Morgan fingerprint density at radius 2 is 1.58 bits per heavy atom. The van der Waals surface area contributed by atoms with Gasteiger partial charge in [0, 0.05) is 28.8 Å². The smallest absolute Gasteiger partial charge is 0.194 e. The van der Waals surface area contributed by atoms with Crippen molar-refractivity contribution >= 4 is 26.5 Å². The van der Waals surface area contributed by atoms with Gasteiger partial charge in [-0.2, -0.15) is 0 Å². The largest absolute Gasteiger partial charge is 0.351 e. The van der Waals surface area contributed by atoms with Crippen molar-refractivity contribution in [2.45, 2.75) is 0 Å². The quantitative estimate of drug-likeness (QED) is 0.551. The number of carbonyl (C=O) groups excluding carboxylic acids is 1.